The molecule has 3 aromatic rings. The van der Waals surface area contributed by atoms with Crippen molar-refractivity contribution in [1.82, 2.24) is 10.2 Å². The Balaban J connectivity index is 1.07. The Kier molecular flexibility index (Phi) is 8.05. The average molecular weight is 570 g/mol. The first kappa shape index (κ1) is 27.7. The van der Waals surface area contributed by atoms with Crippen molar-refractivity contribution >= 4 is 29.1 Å². The third-order valence-corrected chi connectivity index (χ3v) is 8.58. The number of amides is 2. The number of nitro benzene ring substituents is 1. The van der Waals surface area contributed by atoms with E-state index in [0.717, 1.165) is 43.7 Å². The molecular weight excluding hydrogens is 534 g/mol. The summed E-state index contributed by atoms with van der Waals surface area (Å²) in [5.74, 6) is -0.285. The molecule has 0 unspecified atom stereocenters. The smallest absolute Gasteiger partial charge is 0.414 e. The molecule has 0 spiro atoms. The van der Waals surface area contributed by atoms with Crippen LogP contribution in [0.3, 0.4) is 0 Å². The molecule has 3 aromatic carbocycles. The van der Waals surface area contributed by atoms with E-state index < -0.39 is 4.92 Å². The van der Waals surface area contributed by atoms with Crippen molar-refractivity contribution in [3.05, 3.63) is 99.6 Å². The number of nitrogens with zero attached hydrogens (tertiary/aromatic N) is 4. The Morgan fingerprint density at radius 2 is 1.62 bits per heavy atom. The molecule has 0 atom stereocenters. The van der Waals surface area contributed by atoms with Gasteiger partial charge in [-0.1, -0.05) is 48.5 Å². The van der Waals surface area contributed by atoms with Gasteiger partial charge in [-0.05, 0) is 49.4 Å². The third kappa shape index (κ3) is 5.94. The van der Waals surface area contributed by atoms with Gasteiger partial charge in [-0.3, -0.25) is 24.7 Å². The van der Waals surface area contributed by atoms with Gasteiger partial charge in [0.05, 0.1) is 10.6 Å². The lowest BCUT2D eigenvalue weighted by atomic mass is 9.99. The largest absolute Gasteiger partial charge is 0.444 e. The summed E-state index contributed by atoms with van der Waals surface area (Å²) in [6.45, 7) is 4.02. The number of carbonyl (C=O) groups is 2. The molecule has 10 nitrogen and oxygen atoms in total. The van der Waals surface area contributed by atoms with E-state index in [0.29, 0.717) is 37.2 Å². The molecule has 2 saturated heterocycles. The van der Waals surface area contributed by atoms with E-state index in [1.807, 2.05) is 47.4 Å². The second kappa shape index (κ2) is 12.2. The van der Waals surface area contributed by atoms with Crippen molar-refractivity contribution in [1.29, 1.82) is 0 Å². The van der Waals surface area contributed by atoms with Crippen LogP contribution in [0, 0.1) is 10.1 Å². The number of likely N-dealkylation sites (tertiary alicyclic amines) is 1. The quantitative estimate of drug-likeness (QED) is 0.311. The van der Waals surface area contributed by atoms with Gasteiger partial charge in [-0.15, -0.1) is 0 Å². The van der Waals surface area contributed by atoms with E-state index >= 15 is 0 Å². The standard InChI is InChI=1S/C32H35N5O5/c38-31(33-26-12-16-34(17-13-26)21-23-6-2-1-3-7-23)24-10-11-29(30(20-24)37(40)41)35-18-14-27(15-19-35)36-28-9-5-4-8-25(28)22-42-32(36)39/h1-11,20,26-27H,12-19,21-22H2,(H,33,38). The number of para-hydroxylation sites is 1. The molecule has 218 valence electrons. The maximum absolute atomic E-state index is 13.1. The highest BCUT2D eigenvalue weighted by atomic mass is 16.6. The number of hydrogen-bond acceptors (Lipinski definition) is 7. The normalized spacial score (nSPS) is 18.3. The maximum Gasteiger partial charge on any atom is 0.414 e. The molecule has 0 saturated carbocycles. The fourth-order valence-corrected chi connectivity index (χ4v) is 6.31. The van der Waals surface area contributed by atoms with Crippen LogP contribution in [0.2, 0.25) is 0 Å². The van der Waals surface area contributed by atoms with E-state index in [1.165, 1.54) is 11.6 Å². The average Bonchev–Trinajstić information content (AvgIpc) is 3.02. The second-order valence-electron chi connectivity index (χ2n) is 11.2. The van der Waals surface area contributed by atoms with Crippen molar-refractivity contribution in [2.75, 3.05) is 36.0 Å². The first-order chi connectivity index (χ1) is 20.5. The monoisotopic (exact) mass is 569 g/mol. The molecular formula is C32H35N5O5. The van der Waals surface area contributed by atoms with Gasteiger partial charge in [0.25, 0.3) is 11.6 Å². The molecule has 3 aliphatic rings. The van der Waals surface area contributed by atoms with Crippen LogP contribution in [-0.4, -0.2) is 60.1 Å². The third-order valence-electron chi connectivity index (χ3n) is 8.58. The minimum Gasteiger partial charge on any atom is -0.444 e. The van der Waals surface area contributed by atoms with Gasteiger partial charge in [-0.25, -0.2) is 4.79 Å². The van der Waals surface area contributed by atoms with Crippen LogP contribution in [0.4, 0.5) is 21.9 Å². The van der Waals surface area contributed by atoms with Gasteiger partial charge in [0, 0.05) is 62.0 Å². The zero-order valence-electron chi connectivity index (χ0n) is 23.5. The van der Waals surface area contributed by atoms with Crippen LogP contribution in [0.15, 0.2) is 72.8 Å². The van der Waals surface area contributed by atoms with Gasteiger partial charge in [0.2, 0.25) is 0 Å². The summed E-state index contributed by atoms with van der Waals surface area (Å²) in [6, 6.07) is 22.8. The fraction of sp³-hybridized carbons (Fsp3) is 0.375. The second-order valence-corrected chi connectivity index (χ2v) is 11.2. The zero-order valence-corrected chi connectivity index (χ0v) is 23.5. The number of rotatable bonds is 7. The maximum atomic E-state index is 13.1. The van der Waals surface area contributed by atoms with Crippen LogP contribution in [0.5, 0.6) is 0 Å². The number of cyclic esters (lactones) is 1. The number of anilines is 2. The number of nitrogens with one attached hydrogen (secondary N) is 1. The van der Waals surface area contributed by atoms with Crippen LogP contribution in [0.1, 0.15) is 47.2 Å². The summed E-state index contributed by atoms with van der Waals surface area (Å²) >= 11 is 0. The Bertz CT molecular complexity index is 1450. The topological polar surface area (TPSA) is 108 Å². The van der Waals surface area contributed by atoms with Crippen molar-refractivity contribution < 1.29 is 19.2 Å². The SMILES string of the molecule is O=C(NC1CCN(Cc2ccccc2)CC1)c1ccc(N2CCC(N3C(=O)OCc4ccccc43)CC2)c([N+](=O)[O-])c1. The van der Waals surface area contributed by atoms with Crippen molar-refractivity contribution in [2.24, 2.45) is 0 Å². The lowest BCUT2D eigenvalue weighted by Crippen LogP contribution is -2.49. The molecule has 6 rings (SSSR count). The van der Waals surface area contributed by atoms with Crippen molar-refractivity contribution in [3.63, 3.8) is 0 Å². The number of fused-ring (bicyclic) bond motifs is 1. The Hall–Kier alpha value is -4.44. The first-order valence-electron chi connectivity index (χ1n) is 14.6. The number of ether oxygens (including phenoxy) is 1. The molecule has 10 heteroatoms. The molecule has 3 heterocycles. The van der Waals surface area contributed by atoms with E-state index in [-0.39, 0.29) is 36.4 Å². The number of nitro groups is 1. The molecule has 42 heavy (non-hydrogen) atoms. The lowest BCUT2D eigenvalue weighted by Gasteiger charge is -2.40. The minimum atomic E-state index is -0.418. The summed E-state index contributed by atoms with van der Waals surface area (Å²) in [7, 11) is 0. The predicted molar refractivity (Wildman–Crippen MR) is 160 cm³/mol. The van der Waals surface area contributed by atoms with E-state index in [2.05, 4.69) is 22.3 Å². The fourth-order valence-electron chi connectivity index (χ4n) is 6.31. The molecule has 2 fully saturated rings. The number of benzene rings is 3. The molecule has 0 bridgehead atoms. The van der Waals surface area contributed by atoms with Gasteiger partial charge < -0.3 is 15.0 Å². The lowest BCUT2D eigenvalue weighted by molar-refractivity contribution is -0.384. The summed E-state index contributed by atoms with van der Waals surface area (Å²) in [6.07, 6.45) is 2.61. The van der Waals surface area contributed by atoms with E-state index in [9.17, 15) is 19.7 Å². The Morgan fingerprint density at radius 1 is 0.905 bits per heavy atom. The number of carbonyl (C=O) groups excluding carboxylic acids is 2. The molecule has 2 amide bonds. The summed E-state index contributed by atoms with van der Waals surface area (Å²) < 4.78 is 5.40. The minimum absolute atomic E-state index is 0.0360. The van der Waals surface area contributed by atoms with Gasteiger partial charge in [-0.2, -0.15) is 0 Å². The van der Waals surface area contributed by atoms with Crippen LogP contribution in [-0.2, 0) is 17.9 Å². The van der Waals surface area contributed by atoms with Gasteiger partial charge >= 0.3 is 6.09 Å². The number of hydrogen-bond donors (Lipinski definition) is 1. The van der Waals surface area contributed by atoms with Crippen molar-refractivity contribution in [2.45, 2.75) is 50.9 Å². The van der Waals surface area contributed by atoms with E-state index in [4.69, 9.17) is 4.74 Å². The predicted octanol–water partition coefficient (Wildman–Crippen LogP) is 5.11. The molecule has 0 aromatic heterocycles. The Morgan fingerprint density at radius 3 is 2.36 bits per heavy atom. The highest BCUT2D eigenvalue weighted by molar-refractivity contribution is 5.96. The summed E-state index contributed by atoms with van der Waals surface area (Å²) in [5, 5.41) is 15.2. The zero-order chi connectivity index (χ0) is 29.1. The first-order valence-corrected chi connectivity index (χ1v) is 14.6. The molecule has 0 radical (unpaired) electrons. The van der Waals surface area contributed by atoms with Gasteiger partial charge in [0.15, 0.2) is 0 Å². The number of piperidine rings is 2. The highest BCUT2D eigenvalue weighted by Gasteiger charge is 2.35. The van der Waals surface area contributed by atoms with E-state index in [1.54, 1.807) is 17.0 Å². The molecule has 3 aliphatic heterocycles. The Labute approximate surface area is 245 Å². The molecule has 1 N–H and O–H groups in total. The van der Waals surface area contributed by atoms with Crippen LogP contribution in [0.25, 0.3) is 0 Å². The van der Waals surface area contributed by atoms with Crippen LogP contribution >= 0.6 is 0 Å². The summed E-state index contributed by atoms with van der Waals surface area (Å²) in [5.41, 5.74) is 3.82. The van der Waals surface area contributed by atoms with Crippen LogP contribution < -0.4 is 15.1 Å². The van der Waals surface area contributed by atoms with Gasteiger partial charge in [0.1, 0.15) is 12.3 Å². The van der Waals surface area contributed by atoms with Crippen molar-refractivity contribution in [3.8, 4) is 0 Å². The molecule has 0 aliphatic carbocycles. The highest BCUT2D eigenvalue weighted by Crippen LogP contribution is 2.35. The summed E-state index contributed by atoms with van der Waals surface area (Å²) in [4.78, 5) is 43.5.